The number of rotatable bonds is 9. The zero-order chi connectivity index (χ0) is 28.9. The quantitative estimate of drug-likeness (QED) is 0.237. The third-order valence-corrected chi connectivity index (χ3v) is 6.07. The first-order valence-corrected chi connectivity index (χ1v) is 12.7. The Balaban J connectivity index is 1.45. The highest BCUT2D eigenvalue weighted by molar-refractivity contribution is 6.32. The highest BCUT2D eigenvalue weighted by Gasteiger charge is 2.16. The number of ether oxygens (including phenoxy) is 2. The third-order valence-electron chi connectivity index (χ3n) is 5.77. The molecule has 1 amide bonds. The molecule has 0 saturated carbocycles. The Labute approximate surface area is 239 Å². The highest BCUT2D eigenvalue weighted by Crippen LogP contribution is 2.37. The van der Waals surface area contributed by atoms with Gasteiger partial charge in [-0.3, -0.25) is 4.79 Å². The molecular formula is C28H24ClFN8O3. The first kappa shape index (κ1) is 27.6. The first-order valence-electron chi connectivity index (χ1n) is 12.3. The first-order chi connectivity index (χ1) is 19.8. The number of pyridine rings is 1. The number of carbonyl (C=O) groups excluding carboxylic acids is 1. The van der Waals surface area contributed by atoms with Crippen molar-refractivity contribution in [1.82, 2.24) is 29.5 Å². The molecule has 3 heterocycles. The van der Waals surface area contributed by atoms with Gasteiger partial charge in [0.15, 0.2) is 5.65 Å². The maximum absolute atomic E-state index is 15.3. The van der Waals surface area contributed by atoms with Crippen molar-refractivity contribution in [2.75, 3.05) is 37.9 Å². The summed E-state index contributed by atoms with van der Waals surface area (Å²) in [5.74, 6) is 5.11. The van der Waals surface area contributed by atoms with Crippen LogP contribution in [0.3, 0.4) is 0 Å². The summed E-state index contributed by atoms with van der Waals surface area (Å²) in [5.41, 5.74) is 1.51. The maximum Gasteiger partial charge on any atom is 0.300 e. The molecule has 3 aromatic heterocycles. The number of halogens is 2. The van der Waals surface area contributed by atoms with Gasteiger partial charge in [-0.1, -0.05) is 17.5 Å². The fourth-order valence-electron chi connectivity index (χ4n) is 3.82. The summed E-state index contributed by atoms with van der Waals surface area (Å²) in [7, 11) is 3.85. The number of likely N-dealkylation sites (N-methyl/N-ethyl adjacent to an activating group) is 1. The van der Waals surface area contributed by atoms with Crippen molar-refractivity contribution in [2.24, 2.45) is 0 Å². The summed E-state index contributed by atoms with van der Waals surface area (Å²) in [6, 6.07) is 9.22. The Morgan fingerprint density at radius 2 is 1.95 bits per heavy atom. The predicted molar refractivity (Wildman–Crippen MR) is 153 cm³/mol. The van der Waals surface area contributed by atoms with Crippen LogP contribution < -0.4 is 20.1 Å². The van der Waals surface area contributed by atoms with E-state index in [0.29, 0.717) is 46.9 Å². The van der Waals surface area contributed by atoms with Gasteiger partial charge < -0.3 is 25.0 Å². The molecular weight excluding hydrogens is 551 g/mol. The molecule has 11 nitrogen and oxygen atoms in total. The van der Waals surface area contributed by atoms with Crippen molar-refractivity contribution < 1.29 is 18.7 Å². The average molecular weight is 575 g/mol. The lowest BCUT2D eigenvalue weighted by Crippen LogP contribution is -2.20. The summed E-state index contributed by atoms with van der Waals surface area (Å²) in [4.78, 5) is 27.0. The monoisotopic (exact) mass is 574 g/mol. The molecule has 2 N–H and O–H groups in total. The van der Waals surface area contributed by atoms with Gasteiger partial charge in [-0.2, -0.15) is 5.10 Å². The molecule has 5 aromatic rings. The van der Waals surface area contributed by atoms with E-state index in [1.165, 1.54) is 24.8 Å². The number of anilines is 3. The summed E-state index contributed by atoms with van der Waals surface area (Å²) in [5, 5.41) is 10.4. The second-order valence-corrected chi connectivity index (χ2v) is 9.39. The highest BCUT2D eigenvalue weighted by atomic mass is 35.5. The lowest BCUT2D eigenvalue weighted by Gasteiger charge is -2.16. The molecule has 41 heavy (non-hydrogen) atoms. The summed E-state index contributed by atoms with van der Waals surface area (Å²) >= 11 is 6.46. The number of hydrogen-bond donors (Lipinski definition) is 2. The second-order valence-electron chi connectivity index (χ2n) is 8.98. The van der Waals surface area contributed by atoms with E-state index in [-0.39, 0.29) is 22.3 Å². The van der Waals surface area contributed by atoms with Crippen LogP contribution in [0.15, 0.2) is 55.2 Å². The molecule has 0 aliphatic rings. The van der Waals surface area contributed by atoms with E-state index < -0.39 is 11.7 Å². The van der Waals surface area contributed by atoms with E-state index in [0.717, 1.165) is 0 Å². The van der Waals surface area contributed by atoms with Crippen LogP contribution in [-0.4, -0.2) is 62.6 Å². The van der Waals surface area contributed by atoms with Crippen molar-refractivity contribution in [3.05, 3.63) is 66.1 Å². The number of carbonyl (C=O) groups is 1. The number of fused-ring (bicyclic) bond motifs is 2. The molecule has 0 saturated heterocycles. The van der Waals surface area contributed by atoms with E-state index in [1.54, 1.807) is 41.9 Å². The molecule has 0 spiro atoms. The maximum atomic E-state index is 15.3. The third kappa shape index (κ3) is 6.43. The van der Waals surface area contributed by atoms with Gasteiger partial charge >= 0.3 is 0 Å². The van der Waals surface area contributed by atoms with Gasteiger partial charge in [-0.25, -0.2) is 23.9 Å². The summed E-state index contributed by atoms with van der Waals surface area (Å²) in [6.45, 7) is 2.60. The minimum absolute atomic E-state index is 0.0593. The standard InChI is InChI=1S/C28H24ClFN8O3/c1-4-5-27(39)35-23-11-18-21(14-25(23)40-9-8-37(2)3)31-15-33-28(18)36-22-12-19(29)24(13-20(22)30)41-17-6-7-38-26(10-17)32-16-34-38/h6-7,10-16H,8-9H2,1-3H3,(H,35,39)(H,31,33,36). The molecule has 2 aromatic carbocycles. The number of nitrogens with zero attached hydrogens (tertiary/aromatic N) is 6. The SMILES string of the molecule is CC#CC(=O)Nc1cc2c(Nc3cc(Cl)c(Oc4ccn5ncnc5c4)cc3F)ncnc2cc1OCCN(C)C. The minimum Gasteiger partial charge on any atom is -0.490 e. The molecule has 208 valence electrons. The number of aromatic nitrogens is 5. The normalized spacial score (nSPS) is 10.9. The molecule has 0 fully saturated rings. The molecule has 0 aliphatic carbocycles. The minimum atomic E-state index is -0.630. The van der Waals surface area contributed by atoms with Gasteiger partial charge in [0.25, 0.3) is 5.91 Å². The van der Waals surface area contributed by atoms with Gasteiger partial charge in [-0.15, -0.1) is 0 Å². The van der Waals surface area contributed by atoms with Crippen molar-refractivity contribution in [1.29, 1.82) is 0 Å². The Hall–Kier alpha value is -4.99. The molecule has 0 atom stereocenters. The Bertz CT molecular complexity index is 1820. The van der Waals surface area contributed by atoms with Crippen LogP contribution in [0.2, 0.25) is 5.02 Å². The summed E-state index contributed by atoms with van der Waals surface area (Å²) in [6.07, 6.45) is 4.42. The largest absolute Gasteiger partial charge is 0.490 e. The van der Waals surface area contributed by atoms with E-state index in [1.807, 2.05) is 19.0 Å². The Kier molecular flexibility index (Phi) is 8.09. The molecule has 0 unspecified atom stereocenters. The zero-order valence-corrected chi connectivity index (χ0v) is 23.0. The lowest BCUT2D eigenvalue weighted by molar-refractivity contribution is -0.111. The van der Waals surface area contributed by atoms with Crippen LogP contribution in [0.1, 0.15) is 6.92 Å². The average Bonchev–Trinajstić information content (AvgIpc) is 3.40. The number of nitrogens with one attached hydrogen (secondary N) is 2. The topological polar surface area (TPSA) is 119 Å². The molecule has 0 radical (unpaired) electrons. The van der Waals surface area contributed by atoms with E-state index in [2.05, 4.69) is 42.5 Å². The zero-order valence-electron chi connectivity index (χ0n) is 22.3. The van der Waals surface area contributed by atoms with Gasteiger partial charge in [0.1, 0.15) is 48.1 Å². The predicted octanol–water partition coefficient (Wildman–Crippen LogP) is 4.90. The van der Waals surface area contributed by atoms with Crippen LogP contribution >= 0.6 is 11.6 Å². The van der Waals surface area contributed by atoms with Crippen LogP contribution in [0, 0.1) is 17.7 Å². The van der Waals surface area contributed by atoms with Gasteiger partial charge in [0, 0.05) is 36.3 Å². The Morgan fingerprint density at radius 3 is 2.76 bits per heavy atom. The number of amides is 1. The number of benzene rings is 2. The van der Waals surface area contributed by atoms with Crippen molar-refractivity contribution in [3.63, 3.8) is 0 Å². The number of hydrogen-bond acceptors (Lipinski definition) is 9. The molecule has 0 aliphatic heterocycles. The lowest BCUT2D eigenvalue weighted by atomic mass is 10.1. The Morgan fingerprint density at radius 1 is 1.10 bits per heavy atom. The smallest absolute Gasteiger partial charge is 0.300 e. The molecule has 0 bridgehead atoms. The summed E-state index contributed by atoms with van der Waals surface area (Å²) < 4.78 is 28.6. The van der Waals surface area contributed by atoms with Crippen LogP contribution in [-0.2, 0) is 4.79 Å². The van der Waals surface area contributed by atoms with Crippen molar-refractivity contribution in [3.8, 4) is 29.1 Å². The van der Waals surface area contributed by atoms with Gasteiger partial charge in [0.05, 0.1) is 21.9 Å². The van der Waals surface area contributed by atoms with Crippen LogP contribution in [0.4, 0.5) is 21.6 Å². The van der Waals surface area contributed by atoms with E-state index >= 15 is 4.39 Å². The fraction of sp³-hybridized carbons (Fsp3) is 0.179. The van der Waals surface area contributed by atoms with Crippen molar-refractivity contribution in [2.45, 2.75) is 6.92 Å². The van der Waals surface area contributed by atoms with E-state index in [4.69, 9.17) is 21.1 Å². The van der Waals surface area contributed by atoms with Crippen LogP contribution in [0.5, 0.6) is 17.2 Å². The molecule has 5 rings (SSSR count). The van der Waals surface area contributed by atoms with E-state index in [9.17, 15) is 4.79 Å². The van der Waals surface area contributed by atoms with Gasteiger partial charge in [0.2, 0.25) is 0 Å². The van der Waals surface area contributed by atoms with Crippen LogP contribution in [0.25, 0.3) is 16.6 Å². The van der Waals surface area contributed by atoms with Crippen molar-refractivity contribution >= 4 is 51.3 Å². The second kappa shape index (κ2) is 12.0. The van der Waals surface area contributed by atoms with Gasteiger partial charge in [-0.05, 0) is 45.1 Å². The molecule has 13 heteroatoms. The fourth-order valence-corrected chi connectivity index (χ4v) is 4.03.